The number of hydrogen-bond acceptors (Lipinski definition) is 1. The Hall–Kier alpha value is -1.51. The van der Waals surface area contributed by atoms with Crippen LogP contribution in [0.25, 0.3) is 21.9 Å². The van der Waals surface area contributed by atoms with Crippen molar-refractivity contribution in [2.45, 2.75) is 20.0 Å². The maximum atomic E-state index is 4.24. The number of rotatable bonds is 2. The molecule has 3 aromatic rings. The molecule has 3 aromatic carbocycles. The molecular formula is C26H24Cl2NSiZr. The molecule has 1 heterocycles. The molecule has 1 aliphatic carbocycles. The minimum absolute atomic E-state index is 0. The van der Waals surface area contributed by atoms with Gasteiger partial charge in [0.25, 0.3) is 0 Å². The number of fused-ring (bicyclic) bond motifs is 2. The summed E-state index contributed by atoms with van der Waals surface area (Å²) in [5.74, 6) is 0. The predicted molar refractivity (Wildman–Crippen MR) is 126 cm³/mol. The minimum Gasteiger partial charge on any atom is -1.00 e. The average molecular weight is 541 g/mol. The molecule has 1 nitrogen and oxygen atoms in total. The largest absolute Gasteiger partial charge is 3.00 e. The molecule has 1 aliphatic heterocycles. The smallest absolute Gasteiger partial charge is 1.00 e. The van der Waals surface area contributed by atoms with Crippen LogP contribution in [0.5, 0.6) is 0 Å². The summed E-state index contributed by atoms with van der Waals surface area (Å²) < 4.78 is 0. The van der Waals surface area contributed by atoms with Crippen LogP contribution in [0.15, 0.2) is 101 Å². The molecule has 2 aliphatic rings. The van der Waals surface area contributed by atoms with E-state index >= 15 is 0 Å². The zero-order chi connectivity index (χ0) is 19.5. The fourth-order valence-corrected chi connectivity index (χ4v) is 4.48. The molecule has 0 bridgehead atoms. The van der Waals surface area contributed by atoms with Gasteiger partial charge >= 0.3 is 26.2 Å². The third-order valence-electron chi connectivity index (χ3n) is 4.82. The SMILES string of the molecule is C[Si](C)=CC1=CC2=CC=NC2=C1.Cc1cc2c(-c3ccccc3)cccc2[cH-]1.[Cl-].[Cl-].[Zr+3]. The molecule has 0 fully saturated rings. The fraction of sp³-hybridized carbons (Fsp3) is 0.115. The zero-order valence-corrected chi connectivity index (χ0v) is 22.8. The average Bonchev–Trinajstić information content (AvgIpc) is 3.35. The Kier molecular flexibility index (Phi) is 11.1. The molecule has 0 saturated heterocycles. The van der Waals surface area contributed by atoms with Crippen molar-refractivity contribution in [2.24, 2.45) is 4.99 Å². The molecule has 0 N–H and O–H groups in total. The molecule has 0 aromatic heterocycles. The van der Waals surface area contributed by atoms with Gasteiger partial charge in [0.15, 0.2) is 0 Å². The summed E-state index contributed by atoms with van der Waals surface area (Å²) in [4.78, 5) is 4.24. The van der Waals surface area contributed by atoms with E-state index < -0.39 is 0 Å². The number of hydrogen-bond donors (Lipinski definition) is 0. The van der Waals surface area contributed by atoms with Gasteiger partial charge in [0, 0.05) is 20.2 Å². The van der Waals surface area contributed by atoms with E-state index in [-0.39, 0.29) is 59.4 Å². The van der Waals surface area contributed by atoms with Crippen molar-refractivity contribution in [2.75, 3.05) is 0 Å². The van der Waals surface area contributed by atoms with E-state index in [1.54, 1.807) is 0 Å². The molecule has 5 rings (SSSR count). The standard InChI is InChI=1S/C16H13.C10H11NSi.2ClH.Zr/c1-12-10-14-8-5-9-15(16(14)11-12)13-6-3-2-4-7-13;1-12(2)7-8-5-9-3-4-11-10(9)6-8;;;/h2-11H,1H3;3-7H,1-2H3;2*1H;/q-1;;;;+3/p-2. The van der Waals surface area contributed by atoms with Crippen LogP contribution in [-0.4, -0.2) is 20.3 Å². The van der Waals surface area contributed by atoms with Gasteiger partial charge in [-0.3, -0.25) is 4.99 Å². The topological polar surface area (TPSA) is 12.4 Å². The van der Waals surface area contributed by atoms with E-state index in [4.69, 9.17) is 0 Å². The molecule has 155 valence electrons. The van der Waals surface area contributed by atoms with E-state index in [2.05, 4.69) is 110 Å². The molecule has 0 saturated carbocycles. The van der Waals surface area contributed by atoms with Crippen molar-refractivity contribution in [3.8, 4) is 11.1 Å². The van der Waals surface area contributed by atoms with Crippen LogP contribution in [0.1, 0.15) is 5.56 Å². The van der Waals surface area contributed by atoms with Crippen molar-refractivity contribution in [1.29, 1.82) is 0 Å². The van der Waals surface area contributed by atoms with Crippen LogP contribution in [0.4, 0.5) is 0 Å². The van der Waals surface area contributed by atoms with Gasteiger partial charge in [0.05, 0.1) is 5.70 Å². The van der Waals surface area contributed by atoms with Crippen LogP contribution >= 0.6 is 0 Å². The molecule has 5 heteroatoms. The van der Waals surface area contributed by atoms with Gasteiger partial charge in [-0.25, -0.2) is 0 Å². The Labute approximate surface area is 218 Å². The molecule has 0 atom stereocenters. The summed E-state index contributed by atoms with van der Waals surface area (Å²) in [5.41, 5.74) is 10.0. The first-order valence-electron chi connectivity index (χ1n) is 9.65. The second-order valence-corrected chi connectivity index (χ2v) is 9.95. The summed E-state index contributed by atoms with van der Waals surface area (Å²) in [5, 5.41) is 2.69. The monoisotopic (exact) mass is 538 g/mol. The van der Waals surface area contributed by atoms with Gasteiger partial charge < -0.3 is 24.8 Å². The van der Waals surface area contributed by atoms with Gasteiger partial charge in [-0.2, -0.15) is 6.07 Å². The number of benzene rings is 2. The first-order chi connectivity index (χ1) is 13.6. The normalized spacial score (nSPS) is 12.7. The molecule has 0 spiro atoms. The Morgan fingerprint density at radius 3 is 2.35 bits per heavy atom. The van der Waals surface area contributed by atoms with E-state index in [9.17, 15) is 0 Å². The molecular weight excluding hydrogens is 517 g/mol. The fourth-order valence-electron chi connectivity index (χ4n) is 3.65. The van der Waals surface area contributed by atoms with E-state index in [1.807, 2.05) is 6.21 Å². The minimum atomic E-state index is -0.265. The molecule has 0 unspecified atom stereocenters. The van der Waals surface area contributed by atoms with Crippen molar-refractivity contribution in [3.63, 3.8) is 0 Å². The Bertz CT molecular complexity index is 1180. The van der Waals surface area contributed by atoms with Crippen LogP contribution in [0.2, 0.25) is 13.1 Å². The van der Waals surface area contributed by atoms with Crippen LogP contribution in [0, 0.1) is 6.92 Å². The van der Waals surface area contributed by atoms with E-state index in [1.165, 1.54) is 38.6 Å². The molecule has 1 radical (unpaired) electrons. The Balaban J connectivity index is 0.000000292. The van der Waals surface area contributed by atoms with Gasteiger partial charge in [0.2, 0.25) is 0 Å². The van der Waals surface area contributed by atoms with Gasteiger partial charge in [-0.05, 0) is 29.4 Å². The Morgan fingerprint density at radius 2 is 1.68 bits per heavy atom. The second-order valence-electron chi connectivity index (χ2n) is 7.50. The number of aryl methyl sites for hydroxylation is 1. The first kappa shape index (κ1) is 27.5. The van der Waals surface area contributed by atoms with Crippen LogP contribution < -0.4 is 24.8 Å². The van der Waals surface area contributed by atoms with Crippen molar-refractivity contribution in [3.05, 3.63) is 101 Å². The first-order valence-corrected chi connectivity index (χ1v) is 12.2. The molecule has 31 heavy (non-hydrogen) atoms. The number of aliphatic imine (C=N–C) groups is 1. The summed E-state index contributed by atoms with van der Waals surface area (Å²) >= 11 is 0. The number of halogens is 2. The maximum Gasteiger partial charge on any atom is 3.00 e. The van der Waals surface area contributed by atoms with Crippen LogP contribution in [-0.2, 0) is 26.2 Å². The van der Waals surface area contributed by atoms with Gasteiger partial charge in [0.1, 0.15) is 0 Å². The van der Waals surface area contributed by atoms with Crippen molar-refractivity contribution >= 4 is 31.1 Å². The summed E-state index contributed by atoms with van der Waals surface area (Å²) in [6.07, 6.45) is 8.29. The summed E-state index contributed by atoms with van der Waals surface area (Å²) in [6.45, 7) is 6.72. The third kappa shape index (κ3) is 6.73. The summed E-state index contributed by atoms with van der Waals surface area (Å²) in [7, 11) is -0.265. The second kappa shape index (κ2) is 12.5. The maximum absolute atomic E-state index is 4.24. The van der Waals surface area contributed by atoms with Gasteiger partial charge in [-0.15, -0.1) is 34.5 Å². The van der Waals surface area contributed by atoms with E-state index in [0.717, 1.165) is 5.70 Å². The molecule has 0 amide bonds. The van der Waals surface area contributed by atoms with Crippen molar-refractivity contribution < 1.29 is 51.0 Å². The predicted octanol–water partition coefficient (Wildman–Crippen LogP) is 0.499. The third-order valence-corrected chi connectivity index (χ3v) is 5.73. The van der Waals surface area contributed by atoms with Gasteiger partial charge in [-0.1, -0.05) is 67.7 Å². The van der Waals surface area contributed by atoms with Crippen LogP contribution in [0.3, 0.4) is 0 Å². The quantitative estimate of drug-likeness (QED) is 0.332. The van der Waals surface area contributed by atoms with E-state index in [0.29, 0.717) is 0 Å². The van der Waals surface area contributed by atoms with Crippen molar-refractivity contribution in [1.82, 2.24) is 0 Å². The Morgan fingerprint density at radius 1 is 0.935 bits per heavy atom. The zero-order valence-electron chi connectivity index (χ0n) is 17.9. The number of nitrogens with zero attached hydrogens (tertiary/aromatic N) is 1. The number of allylic oxidation sites excluding steroid dienone is 4. The summed E-state index contributed by atoms with van der Waals surface area (Å²) in [6, 6.07) is 21.6.